The SMILES string of the molecule is OC1OCc2cc(-n3c4ccccc4c4cc(-n5c6ccccc6c6ccccc65)ccc43)ccc21. The Morgan fingerprint density at radius 1 is 0.556 bits per heavy atom. The largest absolute Gasteiger partial charge is 0.364 e. The molecule has 1 unspecified atom stereocenters. The van der Waals surface area contributed by atoms with Gasteiger partial charge in [0.15, 0.2) is 6.29 Å². The van der Waals surface area contributed by atoms with Gasteiger partial charge in [0.2, 0.25) is 0 Å². The van der Waals surface area contributed by atoms with E-state index < -0.39 is 6.29 Å². The molecule has 0 bridgehead atoms. The molecule has 0 amide bonds. The summed E-state index contributed by atoms with van der Waals surface area (Å²) >= 11 is 0. The van der Waals surface area contributed by atoms with Gasteiger partial charge >= 0.3 is 0 Å². The molecule has 4 nitrogen and oxygen atoms in total. The Hall–Kier alpha value is -4.38. The van der Waals surface area contributed by atoms with E-state index in [2.05, 4.69) is 112 Å². The Kier molecular flexibility index (Phi) is 4.04. The van der Waals surface area contributed by atoms with Crippen LogP contribution in [0.5, 0.6) is 0 Å². The Morgan fingerprint density at radius 2 is 1.06 bits per heavy atom. The van der Waals surface area contributed by atoms with Crippen molar-refractivity contribution in [3.05, 3.63) is 120 Å². The molecule has 1 N–H and O–H groups in total. The van der Waals surface area contributed by atoms with Gasteiger partial charge in [-0.1, -0.05) is 60.7 Å². The Labute approximate surface area is 207 Å². The Morgan fingerprint density at radius 3 is 1.69 bits per heavy atom. The number of rotatable bonds is 2. The zero-order chi connectivity index (χ0) is 23.8. The fourth-order valence-electron chi connectivity index (χ4n) is 5.93. The highest BCUT2D eigenvalue weighted by Crippen LogP contribution is 2.38. The molecule has 4 heteroatoms. The highest BCUT2D eigenvalue weighted by molar-refractivity contribution is 6.12. The maximum absolute atomic E-state index is 10.1. The molecule has 1 aliphatic heterocycles. The minimum Gasteiger partial charge on any atom is -0.364 e. The van der Waals surface area contributed by atoms with Gasteiger partial charge in [0.1, 0.15) is 0 Å². The van der Waals surface area contributed by atoms with Crippen molar-refractivity contribution in [2.75, 3.05) is 0 Å². The highest BCUT2D eigenvalue weighted by Gasteiger charge is 2.22. The lowest BCUT2D eigenvalue weighted by Crippen LogP contribution is -1.97. The molecule has 0 spiro atoms. The van der Waals surface area contributed by atoms with Gasteiger partial charge in [-0.2, -0.15) is 0 Å². The number of aromatic nitrogens is 2. The fraction of sp³-hybridized carbons (Fsp3) is 0.0625. The minimum absolute atomic E-state index is 0.430. The van der Waals surface area contributed by atoms with Crippen LogP contribution in [0.2, 0.25) is 0 Å². The first-order chi connectivity index (χ1) is 17.8. The minimum atomic E-state index is -0.832. The first kappa shape index (κ1) is 19.9. The molecule has 0 saturated carbocycles. The van der Waals surface area contributed by atoms with Crippen molar-refractivity contribution in [2.24, 2.45) is 0 Å². The lowest BCUT2D eigenvalue weighted by molar-refractivity contribution is -0.0918. The van der Waals surface area contributed by atoms with Crippen LogP contribution in [0.1, 0.15) is 17.4 Å². The van der Waals surface area contributed by atoms with E-state index in [4.69, 9.17) is 4.74 Å². The normalized spacial score (nSPS) is 15.4. The number of para-hydroxylation sites is 3. The van der Waals surface area contributed by atoms with Crippen molar-refractivity contribution >= 4 is 43.6 Å². The van der Waals surface area contributed by atoms with E-state index in [9.17, 15) is 5.11 Å². The summed E-state index contributed by atoms with van der Waals surface area (Å²) in [6.07, 6.45) is -0.832. The summed E-state index contributed by atoms with van der Waals surface area (Å²) in [5, 5.41) is 15.0. The average molecular weight is 467 g/mol. The van der Waals surface area contributed by atoms with Crippen molar-refractivity contribution in [3.63, 3.8) is 0 Å². The van der Waals surface area contributed by atoms with E-state index in [1.54, 1.807) is 0 Å². The zero-order valence-corrected chi connectivity index (χ0v) is 19.4. The number of benzene rings is 5. The second-order valence-corrected chi connectivity index (χ2v) is 9.47. The Bertz CT molecular complexity index is 1920. The van der Waals surface area contributed by atoms with Crippen molar-refractivity contribution in [1.29, 1.82) is 0 Å². The molecule has 5 aromatic carbocycles. The number of hydrogen-bond acceptors (Lipinski definition) is 2. The van der Waals surface area contributed by atoms with Gasteiger partial charge in [0.25, 0.3) is 0 Å². The van der Waals surface area contributed by atoms with Gasteiger partial charge in [-0.05, 0) is 54.1 Å². The van der Waals surface area contributed by atoms with E-state index in [-0.39, 0.29) is 0 Å². The van der Waals surface area contributed by atoms with E-state index in [1.165, 1.54) is 32.6 Å². The molecule has 7 aromatic rings. The van der Waals surface area contributed by atoms with Crippen LogP contribution in [0.25, 0.3) is 55.0 Å². The lowest BCUT2D eigenvalue weighted by Gasteiger charge is -2.11. The van der Waals surface area contributed by atoms with Crippen LogP contribution in [0, 0.1) is 0 Å². The predicted molar refractivity (Wildman–Crippen MR) is 145 cm³/mol. The maximum atomic E-state index is 10.1. The molecule has 8 rings (SSSR count). The van der Waals surface area contributed by atoms with Crippen LogP contribution in [0.15, 0.2) is 109 Å². The summed E-state index contributed by atoms with van der Waals surface area (Å²) in [5.74, 6) is 0. The van der Waals surface area contributed by atoms with Crippen LogP contribution in [0.3, 0.4) is 0 Å². The second kappa shape index (κ2) is 7.31. The molecular formula is C32H22N2O2. The summed E-state index contributed by atoms with van der Waals surface area (Å²) in [6.45, 7) is 0.430. The summed E-state index contributed by atoms with van der Waals surface area (Å²) < 4.78 is 10.1. The van der Waals surface area contributed by atoms with Crippen molar-refractivity contribution in [2.45, 2.75) is 12.9 Å². The topological polar surface area (TPSA) is 39.3 Å². The molecule has 36 heavy (non-hydrogen) atoms. The lowest BCUT2D eigenvalue weighted by atomic mass is 10.1. The molecule has 1 atom stereocenters. The third-order valence-corrected chi connectivity index (χ3v) is 7.54. The van der Waals surface area contributed by atoms with E-state index in [0.717, 1.165) is 33.5 Å². The molecule has 172 valence electrons. The molecule has 2 aromatic heterocycles. The van der Waals surface area contributed by atoms with Crippen LogP contribution in [-0.4, -0.2) is 14.2 Å². The maximum Gasteiger partial charge on any atom is 0.181 e. The number of hydrogen-bond donors (Lipinski definition) is 1. The molecule has 0 aliphatic carbocycles. The van der Waals surface area contributed by atoms with Crippen LogP contribution < -0.4 is 0 Å². The van der Waals surface area contributed by atoms with E-state index >= 15 is 0 Å². The van der Waals surface area contributed by atoms with Crippen LogP contribution in [0.4, 0.5) is 0 Å². The van der Waals surface area contributed by atoms with Gasteiger partial charge in [-0.3, -0.25) is 0 Å². The van der Waals surface area contributed by atoms with Gasteiger partial charge in [-0.15, -0.1) is 0 Å². The van der Waals surface area contributed by atoms with E-state index in [1.807, 2.05) is 6.07 Å². The second-order valence-electron chi connectivity index (χ2n) is 9.47. The molecular weight excluding hydrogens is 444 g/mol. The predicted octanol–water partition coefficient (Wildman–Crippen LogP) is 7.40. The summed E-state index contributed by atoms with van der Waals surface area (Å²) in [6, 6.07) is 38.7. The average Bonchev–Trinajstić information content (AvgIpc) is 3.58. The molecule has 0 radical (unpaired) electrons. The van der Waals surface area contributed by atoms with Gasteiger partial charge < -0.3 is 19.0 Å². The van der Waals surface area contributed by atoms with Crippen LogP contribution in [-0.2, 0) is 11.3 Å². The summed E-state index contributed by atoms with van der Waals surface area (Å²) in [5.41, 5.74) is 8.83. The number of aliphatic hydroxyl groups excluding tert-OH is 1. The van der Waals surface area contributed by atoms with Gasteiger partial charge in [-0.25, -0.2) is 0 Å². The smallest absolute Gasteiger partial charge is 0.181 e. The monoisotopic (exact) mass is 466 g/mol. The molecule has 0 saturated heterocycles. The van der Waals surface area contributed by atoms with Crippen molar-refractivity contribution in [1.82, 2.24) is 9.13 Å². The number of nitrogens with zero attached hydrogens (tertiary/aromatic N) is 2. The quantitative estimate of drug-likeness (QED) is 0.288. The number of fused-ring (bicyclic) bond motifs is 7. The standard InChI is InChI=1S/C32H22N2O2/c35-32-23-15-13-21(17-20(23)19-36-32)33-30-12-6-3-9-26(30)27-18-22(14-16-31(27)33)34-28-10-4-1-7-24(28)25-8-2-5-11-29(25)34/h1-18,32,35H,19H2. The zero-order valence-electron chi connectivity index (χ0n) is 19.4. The molecule has 3 heterocycles. The fourth-order valence-corrected chi connectivity index (χ4v) is 5.93. The highest BCUT2D eigenvalue weighted by atomic mass is 16.6. The third-order valence-electron chi connectivity index (χ3n) is 7.54. The Balaban J connectivity index is 1.42. The van der Waals surface area contributed by atoms with Gasteiger partial charge in [0.05, 0.1) is 28.7 Å². The van der Waals surface area contributed by atoms with Crippen molar-refractivity contribution in [3.8, 4) is 11.4 Å². The molecule has 1 aliphatic rings. The first-order valence-electron chi connectivity index (χ1n) is 12.2. The van der Waals surface area contributed by atoms with Crippen molar-refractivity contribution < 1.29 is 9.84 Å². The van der Waals surface area contributed by atoms with Gasteiger partial charge in [0, 0.05) is 38.5 Å². The number of aliphatic hydroxyl groups is 1. The first-order valence-corrected chi connectivity index (χ1v) is 12.2. The number of ether oxygens (including phenoxy) is 1. The summed E-state index contributed by atoms with van der Waals surface area (Å²) in [7, 11) is 0. The summed E-state index contributed by atoms with van der Waals surface area (Å²) in [4.78, 5) is 0. The third kappa shape index (κ3) is 2.65. The van der Waals surface area contributed by atoms with E-state index in [0.29, 0.717) is 6.61 Å². The molecule has 0 fully saturated rings. The van der Waals surface area contributed by atoms with Crippen LogP contribution >= 0.6 is 0 Å².